The molecule has 5 nitrogen and oxygen atoms in total. The molecule has 5 heteroatoms. The molecule has 0 aromatic heterocycles. The normalized spacial score (nSPS) is 21.1. The Kier molecular flexibility index (Phi) is 5.08. The van der Waals surface area contributed by atoms with Crippen molar-refractivity contribution in [3.63, 3.8) is 0 Å². The molecule has 0 amide bonds. The van der Waals surface area contributed by atoms with Crippen LogP contribution in [0.5, 0.6) is 5.75 Å². The van der Waals surface area contributed by atoms with Crippen LogP contribution in [0.15, 0.2) is 24.3 Å². The number of aliphatic hydroxyl groups is 1. The van der Waals surface area contributed by atoms with Crippen molar-refractivity contribution in [1.29, 1.82) is 0 Å². The van der Waals surface area contributed by atoms with Gasteiger partial charge in [-0.1, -0.05) is 6.07 Å². The molecule has 0 bridgehead atoms. The van der Waals surface area contributed by atoms with Crippen LogP contribution >= 0.6 is 0 Å². The van der Waals surface area contributed by atoms with Gasteiger partial charge in [-0.15, -0.1) is 0 Å². The lowest BCUT2D eigenvalue weighted by Gasteiger charge is -2.45. The smallest absolute Gasteiger partial charge is 0.121 e. The number of rotatable bonds is 5. The lowest BCUT2D eigenvalue weighted by atomic mass is 9.99. The van der Waals surface area contributed by atoms with Crippen molar-refractivity contribution < 1.29 is 9.84 Å². The predicted molar refractivity (Wildman–Crippen MR) is 85.5 cm³/mol. The first-order chi connectivity index (χ1) is 9.87. The van der Waals surface area contributed by atoms with Crippen molar-refractivity contribution in [2.75, 3.05) is 45.6 Å². The highest BCUT2D eigenvalue weighted by molar-refractivity contribution is 5.43. The predicted octanol–water partition coefficient (Wildman–Crippen LogP) is 1.03. The molecule has 3 N–H and O–H groups in total. The Bertz CT molecular complexity index is 465. The molecular weight excluding hydrogens is 266 g/mol. The Hall–Kier alpha value is -1.30. The van der Waals surface area contributed by atoms with Gasteiger partial charge in [0.05, 0.1) is 0 Å². The Morgan fingerprint density at radius 3 is 2.81 bits per heavy atom. The minimum atomic E-state index is -0.495. The molecule has 1 atom stereocenters. The van der Waals surface area contributed by atoms with Gasteiger partial charge in [-0.05, 0) is 33.0 Å². The summed E-state index contributed by atoms with van der Waals surface area (Å²) in [5, 5.41) is 10.2. The third-order valence-electron chi connectivity index (χ3n) is 4.16. The van der Waals surface area contributed by atoms with Gasteiger partial charge in [-0.3, -0.25) is 9.80 Å². The molecule has 1 fully saturated rings. The number of piperazine rings is 1. The second kappa shape index (κ2) is 6.64. The van der Waals surface area contributed by atoms with E-state index in [0.29, 0.717) is 18.0 Å². The van der Waals surface area contributed by atoms with E-state index in [1.165, 1.54) is 0 Å². The summed E-state index contributed by atoms with van der Waals surface area (Å²) in [6.07, 6.45) is -0.495. The number of β-amino-alcohol motifs (C(OH)–C–C–N with tert-alkyl or cyclic N) is 1. The summed E-state index contributed by atoms with van der Waals surface area (Å²) >= 11 is 0. The zero-order valence-electron chi connectivity index (χ0n) is 13.2. The Balaban J connectivity index is 1.78. The monoisotopic (exact) mass is 293 g/mol. The summed E-state index contributed by atoms with van der Waals surface area (Å²) in [4.78, 5) is 4.66. The lowest BCUT2D eigenvalue weighted by molar-refractivity contribution is 0.00394. The number of ether oxygens (including phenoxy) is 1. The van der Waals surface area contributed by atoms with E-state index in [9.17, 15) is 5.11 Å². The van der Waals surface area contributed by atoms with Crippen molar-refractivity contribution in [3.05, 3.63) is 24.3 Å². The van der Waals surface area contributed by atoms with Crippen LogP contribution in [-0.4, -0.2) is 66.4 Å². The first kappa shape index (κ1) is 16.1. The van der Waals surface area contributed by atoms with Crippen molar-refractivity contribution >= 4 is 5.69 Å². The molecule has 1 aromatic rings. The van der Waals surface area contributed by atoms with Gasteiger partial charge >= 0.3 is 0 Å². The van der Waals surface area contributed by atoms with Crippen LogP contribution in [-0.2, 0) is 0 Å². The summed E-state index contributed by atoms with van der Waals surface area (Å²) in [6.45, 7) is 8.35. The number of anilines is 1. The van der Waals surface area contributed by atoms with Gasteiger partial charge in [0.2, 0.25) is 0 Å². The number of aliphatic hydroxyl groups excluding tert-OH is 1. The lowest BCUT2D eigenvalue weighted by Crippen LogP contribution is -2.58. The van der Waals surface area contributed by atoms with Gasteiger partial charge in [0, 0.05) is 43.5 Å². The maximum absolute atomic E-state index is 10.2. The van der Waals surface area contributed by atoms with Crippen LogP contribution in [0.25, 0.3) is 0 Å². The van der Waals surface area contributed by atoms with Gasteiger partial charge in [0.15, 0.2) is 0 Å². The van der Waals surface area contributed by atoms with Crippen molar-refractivity contribution in [2.45, 2.75) is 25.5 Å². The third-order valence-corrected chi connectivity index (χ3v) is 4.16. The molecule has 0 aliphatic carbocycles. The third kappa shape index (κ3) is 4.59. The molecule has 0 radical (unpaired) electrons. The summed E-state index contributed by atoms with van der Waals surface area (Å²) < 4.78 is 5.60. The van der Waals surface area contributed by atoms with E-state index in [0.717, 1.165) is 19.6 Å². The Morgan fingerprint density at radius 1 is 1.38 bits per heavy atom. The molecule has 21 heavy (non-hydrogen) atoms. The van der Waals surface area contributed by atoms with Crippen LogP contribution in [0, 0.1) is 0 Å². The SMILES string of the molecule is CN1CCN(CC(O)COc2cccc(N)c2)CC1(C)C. The largest absolute Gasteiger partial charge is 0.491 e. The maximum atomic E-state index is 10.2. The van der Waals surface area contributed by atoms with E-state index in [1.54, 1.807) is 6.07 Å². The van der Waals surface area contributed by atoms with Crippen molar-refractivity contribution in [3.8, 4) is 5.75 Å². The van der Waals surface area contributed by atoms with E-state index < -0.39 is 6.10 Å². The Morgan fingerprint density at radius 2 is 2.14 bits per heavy atom. The number of hydrogen-bond acceptors (Lipinski definition) is 5. The Labute approximate surface area is 127 Å². The molecule has 1 saturated heterocycles. The number of nitrogen functional groups attached to an aromatic ring is 1. The fourth-order valence-corrected chi connectivity index (χ4v) is 2.64. The summed E-state index contributed by atoms with van der Waals surface area (Å²) in [6, 6.07) is 7.28. The molecule has 1 heterocycles. The highest BCUT2D eigenvalue weighted by Gasteiger charge is 2.31. The zero-order chi connectivity index (χ0) is 15.5. The zero-order valence-corrected chi connectivity index (χ0v) is 13.2. The second-order valence-corrected chi connectivity index (χ2v) is 6.51. The topological polar surface area (TPSA) is 62.0 Å². The average molecular weight is 293 g/mol. The molecule has 2 rings (SSSR count). The number of nitrogens with zero attached hydrogens (tertiary/aromatic N) is 2. The first-order valence-corrected chi connectivity index (χ1v) is 7.47. The van der Waals surface area contributed by atoms with Crippen molar-refractivity contribution in [1.82, 2.24) is 9.80 Å². The quantitative estimate of drug-likeness (QED) is 0.794. The standard InChI is InChI=1S/C16H27N3O2/c1-16(2)12-19(8-7-18(16)3)10-14(20)11-21-15-6-4-5-13(17)9-15/h4-6,9,14,20H,7-8,10-12,17H2,1-3H3. The number of nitrogens with two attached hydrogens (primary N) is 1. The average Bonchev–Trinajstić information content (AvgIpc) is 2.40. The van der Waals surface area contributed by atoms with Crippen molar-refractivity contribution in [2.24, 2.45) is 0 Å². The first-order valence-electron chi connectivity index (χ1n) is 7.47. The summed E-state index contributed by atoms with van der Waals surface area (Å²) in [7, 11) is 2.15. The van der Waals surface area contributed by atoms with E-state index in [4.69, 9.17) is 10.5 Å². The van der Waals surface area contributed by atoms with Crippen LogP contribution in [0.1, 0.15) is 13.8 Å². The second-order valence-electron chi connectivity index (χ2n) is 6.51. The van der Waals surface area contributed by atoms with Gasteiger partial charge in [-0.2, -0.15) is 0 Å². The summed E-state index contributed by atoms with van der Waals surface area (Å²) in [5.74, 6) is 0.702. The molecule has 1 aromatic carbocycles. The van der Waals surface area contributed by atoms with Gasteiger partial charge in [0.25, 0.3) is 0 Å². The minimum Gasteiger partial charge on any atom is -0.491 e. The van der Waals surface area contributed by atoms with Gasteiger partial charge in [0.1, 0.15) is 18.5 Å². The van der Waals surface area contributed by atoms with E-state index >= 15 is 0 Å². The van der Waals surface area contributed by atoms with Crippen LogP contribution in [0.4, 0.5) is 5.69 Å². The number of hydrogen-bond donors (Lipinski definition) is 2. The molecule has 118 valence electrons. The minimum absolute atomic E-state index is 0.146. The van der Waals surface area contributed by atoms with E-state index in [1.807, 2.05) is 18.2 Å². The number of benzene rings is 1. The van der Waals surface area contributed by atoms with E-state index in [2.05, 4.69) is 30.7 Å². The van der Waals surface area contributed by atoms with Crippen LogP contribution in [0.3, 0.4) is 0 Å². The van der Waals surface area contributed by atoms with Crippen LogP contribution < -0.4 is 10.5 Å². The van der Waals surface area contributed by atoms with Crippen LogP contribution in [0.2, 0.25) is 0 Å². The highest BCUT2D eigenvalue weighted by Crippen LogP contribution is 2.19. The highest BCUT2D eigenvalue weighted by atomic mass is 16.5. The van der Waals surface area contributed by atoms with E-state index in [-0.39, 0.29) is 12.1 Å². The molecule has 1 aliphatic heterocycles. The fourth-order valence-electron chi connectivity index (χ4n) is 2.64. The van der Waals surface area contributed by atoms with Gasteiger partial charge in [-0.25, -0.2) is 0 Å². The van der Waals surface area contributed by atoms with Gasteiger partial charge < -0.3 is 15.6 Å². The maximum Gasteiger partial charge on any atom is 0.121 e. The molecule has 0 spiro atoms. The number of likely N-dealkylation sites (N-methyl/N-ethyl adjacent to an activating group) is 1. The molecular formula is C16H27N3O2. The molecule has 0 saturated carbocycles. The summed E-state index contributed by atoms with van der Waals surface area (Å²) in [5.41, 5.74) is 6.52. The molecule has 1 aliphatic rings. The molecule has 1 unspecified atom stereocenters. The fraction of sp³-hybridized carbons (Fsp3) is 0.625.